The molecule has 1 N–H and O–H groups in total. The van der Waals surface area contributed by atoms with Crippen LogP contribution in [0.4, 0.5) is 0 Å². The molecule has 0 aliphatic carbocycles. The molecule has 3 nitrogen and oxygen atoms in total. The standard InChI is InChI=1S/C15H23BrN2O/c1-18(9-7-13-4-3-8-17-13)11-12-5-6-15(19-2)14(16)10-12/h5-6,10,13,17H,3-4,7-9,11H2,1-2H3. The van der Waals surface area contributed by atoms with Gasteiger partial charge in [0.05, 0.1) is 11.6 Å². The average Bonchev–Trinajstić information content (AvgIpc) is 2.90. The molecule has 1 saturated heterocycles. The molecule has 0 saturated carbocycles. The van der Waals surface area contributed by atoms with E-state index < -0.39 is 0 Å². The van der Waals surface area contributed by atoms with Crippen molar-refractivity contribution < 1.29 is 4.74 Å². The minimum Gasteiger partial charge on any atom is -0.496 e. The maximum Gasteiger partial charge on any atom is 0.133 e. The largest absolute Gasteiger partial charge is 0.496 e. The highest BCUT2D eigenvalue weighted by atomic mass is 79.9. The number of hydrogen-bond acceptors (Lipinski definition) is 3. The summed E-state index contributed by atoms with van der Waals surface area (Å²) in [5.41, 5.74) is 1.31. The van der Waals surface area contributed by atoms with Crippen LogP contribution in [0.1, 0.15) is 24.8 Å². The highest BCUT2D eigenvalue weighted by Gasteiger charge is 2.14. The molecule has 1 heterocycles. The van der Waals surface area contributed by atoms with Gasteiger partial charge in [-0.15, -0.1) is 0 Å². The van der Waals surface area contributed by atoms with Crippen LogP contribution in [0.5, 0.6) is 5.75 Å². The van der Waals surface area contributed by atoms with Crippen LogP contribution in [-0.2, 0) is 6.54 Å². The van der Waals surface area contributed by atoms with Crippen LogP contribution in [0.2, 0.25) is 0 Å². The number of nitrogens with zero attached hydrogens (tertiary/aromatic N) is 1. The van der Waals surface area contributed by atoms with Crippen LogP contribution in [0.15, 0.2) is 22.7 Å². The Kier molecular flexibility index (Phi) is 5.67. The number of ether oxygens (including phenoxy) is 1. The minimum atomic E-state index is 0.727. The summed E-state index contributed by atoms with van der Waals surface area (Å²) in [5, 5.41) is 3.55. The number of nitrogens with one attached hydrogen (secondary N) is 1. The zero-order chi connectivity index (χ0) is 13.7. The third-order valence-electron chi connectivity index (χ3n) is 3.69. The Morgan fingerprint density at radius 1 is 1.47 bits per heavy atom. The van der Waals surface area contributed by atoms with Crippen LogP contribution in [0, 0.1) is 0 Å². The van der Waals surface area contributed by atoms with Gasteiger partial charge in [0.2, 0.25) is 0 Å². The fraction of sp³-hybridized carbons (Fsp3) is 0.600. The van der Waals surface area contributed by atoms with Crippen molar-refractivity contribution in [2.75, 3.05) is 27.2 Å². The molecule has 0 bridgehead atoms. The van der Waals surface area contributed by atoms with Crippen LogP contribution >= 0.6 is 15.9 Å². The van der Waals surface area contributed by atoms with Gasteiger partial charge in [0.1, 0.15) is 5.75 Å². The fourth-order valence-electron chi connectivity index (χ4n) is 2.58. The number of methoxy groups -OCH3 is 1. The SMILES string of the molecule is COc1ccc(CN(C)CCC2CCCN2)cc1Br. The maximum absolute atomic E-state index is 5.25. The minimum absolute atomic E-state index is 0.727. The van der Waals surface area contributed by atoms with Crippen molar-refractivity contribution in [2.45, 2.75) is 31.8 Å². The molecule has 1 fully saturated rings. The first-order chi connectivity index (χ1) is 9.19. The van der Waals surface area contributed by atoms with Gasteiger partial charge in [0.15, 0.2) is 0 Å². The van der Waals surface area contributed by atoms with E-state index in [1.54, 1.807) is 7.11 Å². The van der Waals surface area contributed by atoms with Crippen molar-refractivity contribution >= 4 is 15.9 Å². The molecule has 106 valence electrons. The monoisotopic (exact) mass is 326 g/mol. The molecule has 1 aliphatic heterocycles. The van der Waals surface area contributed by atoms with Gasteiger partial charge in [-0.1, -0.05) is 6.07 Å². The second kappa shape index (κ2) is 7.27. The van der Waals surface area contributed by atoms with E-state index in [1.165, 1.54) is 31.4 Å². The summed E-state index contributed by atoms with van der Waals surface area (Å²) in [4.78, 5) is 2.38. The molecule has 1 aromatic carbocycles. The van der Waals surface area contributed by atoms with E-state index in [0.717, 1.165) is 29.4 Å². The molecular weight excluding hydrogens is 304 g/mol. The zero-order valence-corrected chi connectivity index (χ0v) is 13.4. The predicted octanol–water partition coefficient (Wildman–Crippen LogP) is 3.03. The van der Waals surface area contributed by atoms with Gasteiger partial charge < -0.3 is 15.0 Å². The van der Waals surface area contributed by atoms with Gasteiger partial charge in [0.25, 0.3) is 0 Å². The summed E-state index contributed by atoms with van der Waals surface area (Å²) in [7, 11) is 3.88. The summed E-state index contributed by atoms with van der Waals surface area (Å²) in [6.45, 7) is 3.32. The molecule has 0 radical (unpaired) electrons. The molecular formula is C15H23BrN2O. The molecule has 0 aromatic heterocycles. The molecule has 1 aromatic rings. The Balaban J connectivity index is 1.80. The van der Waals surface area contributed by atoms with E-state index in [1.807, 2.05) is 6.07 Å². The summed E-state index contributed by atoms with van der Waals surface area (Å²) in [6.07, 6.45) is 3.91. The first kappa shape index (κ1) is 14.8. The van der Waals surface area contributed by atoms with Gasteiger partial charge >= 0.3 is 0 Å². The molecule has 1 aliphatic rings. The topological polar surface area (TPSA) is 24.5 Å². The molecule has 0 spiro atoms. The number of hydrogen-bond donors (Lipinski definition) is 1. The Morgan fingerprint density at radius 3 is 2.95 bits per heavy atom. The number of benzene rings is 1. The lowest BCUT2D eigenvalue weighted by Crippen LogP contribution is -2.28. The summed E-state index contributed by atoms with van der Waals surface area (Å²) in [6, 6.07) is 7.02. The third-order valence-corrected chi connectivity index (χ3v) is 4.31. The van der Waals surface area contributed by atoms with Crippen LogP contribution < -0.4 is 10.1 Å². The Labute approximate surface area is 124 Å². The number of halogens is 1. The zero-order valence-electron chi connectivity index (χ0n) is 11.8. The highest BCUT2D eigenvalue weighted by molar-refractivity contribution is 9.10. The van der Waals surface area contributed by atoms with E-state index >= 15 is 0 Å². The van der Waals surface area contributed by atoms with Gasteiger partial charge in [-0.2, -0.15) is 0 Å². The van der Waals surface area contributed by atoms with Crippen LogP contribution in [0.3, 0.4) is 0 Å². The Morgan fingerprint density at radius 2 is 2.32 bits per heavy atom. The molecule has 4 heteroatoms. The Hall–Kier alpha value is -0.580. The van der Waals surface area contributed by atoms with Gasteiger partial charge in [0, 0.05) is 12.6 Å². The lowest BCUT2D eigenvalue weighted by atomic mass is 10.1. The van der Waals surface area contributed by atoms with E-state index in [2.05, 4.69) is 45.3 Å². The second-order valence-corrected chi connectivity index (χ2v) is 6.14. The quantitative estimate of drug-likeness (QED) is 0.869. The van der Waals surface area contributed by atoms with Crippen molar-refractivity contribution in [1.82, 2.24) is 10.2 Å². The Bertz CT molecular complexity index is 405. The van der Waals surface area contributed by atoms with Gasteiger partial charge in [-0.05, 0) is 73.0 Å². The summed E-state index contributed by atoms with van der Waals surface area (Å²) in [5.74, 6) is 0.890. The first-order valence-corrected chi connectivity index (χ1v) is 7.72. The summed E-state index contributed by atoms with van der Waals surface area (Å²) >= 11 is 3.54. The van der Waals surface area contributed by atoms with Crippen molar-refractivity contribution in [3.05, 3.63) is 28.2 Å². The third kappa shape index (κ3) is 4.48. The van der Waals surface area contributed by atoms with Crippen LogP contribution in [-0.4, -0.2) is 38.2 Å². The van der Waals surface area contributed by atoms with Crippen molar-refractivity contribution in [3.8, 4) is 5.75 Å². The smallest absolute Gasteiger partial charge is 0.133 e. The van der Waals surface area contributed by atoms with Gasteiger partial charge in [-0.25, -0.2) is 0 Å². The molecule has 1 unspecified atom stereocenters. The average molecular weight is 327 g/mol. The normalized spacial score (nSPS) is 19.1. The lowest BCUT2D eigenvalue weighted by molar-refractivity contribution is 0.305. The van der Waals surface area contributed by atoms with Crippen molar-refractivity contribution in [1.29, 1.82) is 0 Å². The van der Waals surface area contributed by atoms with E-state index in [4.69, 9.17) is 4.74 Å². The van der Waals surface area contributed by atoms with E-state index in [-0.39, 0.29) is 0 Å². The summed E-state index contributed by atoms with van der Waals surface area (Å²) < 4.78 is 6.28. The van der Waals surface area contributed by atoms with Gasteiger partial charge in [-0.3, -0.25) is 0 Å². The van der Waals surface area contributed by atoms with Crippen LogP contribution in [0.25, 0.3) is 0 Å². The predicted molar refractivity (Wildman–Crippen MR) is 82.7 cm³/mol. The first-order valence-electron chi connectivity index (χ1n) is 6.93. The van der Waals surface area contributed by atoms with E-state index in [9.17, 15) is 0 Å². The molecule has 2 rings (SSSR count). The fourth-order valence-corrected chi connectivity index (χ4v) is 3.17. The maximum atomic E-state index is 5.25. The molecule has 1 atom stereocenters. The molecule has 0 amide bonds. The van der Waals surface area contributed by atoms with E-state index in [0.29, 0.717) is 0 Å². The number of rotatable bonds is 6. The highest BCUT2D eigenvalue weighted by Crippen LogP contribution is 2.26. The lowest BCUT2D eigenvalue weighted by Gasteiger charge is -2.19. The second-order valence-electron chi connectivity index (χ2n) is 5.29. The van der Waals surface area contributed by atoms with Crippen molar-refractivity contribution in [2.24, 2.45) is 0 Å². The molecule has 19 heavy (non-hydrogen) atoms. The van der Waals surface area contributed by atoms with Crippen molar-refractivity contribution in [3.63, 3.8) is 0 Å².